The van der Waals surface area contributed by atoms with Crippen molar-refractivity contribution in [1.82, 2.24) is 0 Å². The van der Waals surface area contributed by atoms with Crippen LogP contribution in [-0.2, 0) is 10.0 Å². The summed E-state index contributed by atoms with van der Waals surface area (Å²) in [5, 5.41) is 9.66. The van der Waals surface area contributed by atoms with E-state index >= 15 is 0 Å². The lowest BCUT2D eigenvalue weighted by Crippen LogP contribution is -2.13. The molecular weight excluding hydrogens is 355 g/mol. The molecule has 0 aromatic heterocycles. The summed E-state index contributed by atoms with van der Waals surface area (Å²) in [5.74, 6) is 0. The summed E-state index contributed by atoms with van der Waals surface area (Å²) in [6, 6.07) is 10.1. The fourth-order valence-corrected chi connectivity index (χ4v) is 3.18. The second-order valence-corrected chi connectivity index (χ2v) is 6.92. The minimum absolute atomic E-state index is 0.0687. The Morgan fingerprint density at radius 1 is 1.00 bits per heavy atom. The molecule has 2 rings (SSSR count). The van der Waals surface area contributed by atoms with E-state index in [9.17, 15) is 8.42 Å². The van der Waals surface area contributed by atoms with Crippen molar-refractivity contribution in [2.24, 2.45) is 0 Å². The van der Waals surface area contributed by atoms with Gasteiger partial charge < -0.3 is 0 Å². The molecule has 4 nitrogen and oxygen atoms in total. The molecular formula is C13H7Cl3N2O2S. The van der Waals surface area contributed by atoms with Crippen LogP contribution < -0.4 is 4.72 Å². The molecule has 2 aromatic rings. The molecule has 0 radical (unpaired) electrons. The van der Waals surface area contributed by atoms with Crippen molar-refractivity contribution in [3.05, 3.63) is 57.0 Å². The number of sulfonamides is 1. The van der Waals surface area contributed by atoms with Gasteiger partial charge in [0.25, 0.3) is 10.0 Å². The van der Waals surface area contributed by atoms with Gasteiger partial charge in [-0.15, -0.1) is 0 Å². The number of benzene rings is 2. The Balaban J connectivity index is 2.45. The van der Waals surface area contributed by atoms with Crippen molar-refractivity contribution in [3.63, 3.8) is 0 Å². The molecule has 0 atom stereocenters. The van der Waals surface area contributed by atoms with Gasteiger partial charge in [-0.2, -0.15) is 5.26 Å². The molecule has 0 aliphatic rings. The van der Waals surface area contributed by atoms with Crippen LogP contribution in [0.3, 0.4) is 0 Å². The van der Waals surface area contributed by atoms with Gasteiger partial charge in [0, 0.05) is 5.02 Å². The molecule has 0 amide bonds. The van der Waals surface area contributed by atoms with Gasteiger partial charge in [0.2, 0.25) is 0 Å². The van der Waals surface area contributed by atoms with E-state index in [0.717, 1.165) is 0 Å². The summed E-state index contributed by atoms with van der Waals surface area (Å²) in [6.07, 6.45) is 0. The van der Waals surface area contributed by atoms with E-state index in [1.165, 1.54) is 36.4 Å². The number of nitrogens with one attached hydrogen (secondary N) is 1. The average molecular weight is 362 g/mol. The van der Waals surface area contributed by atoms with Crippen LogP contribution in [0.15, 0.2) is 41.3 Å². The first-order valence-electron chi connectivity index (χ1n) is 5.51. The molecule has 1 N–H and O–H groups in total. The highest BCUT2D eigenvalue weighted by Crippen LogP contribution is 2.27. The predicted octanol–water partition coefficient (Wildman–Crippen LogP) is 4.32. The summed E-state index contributed by atoms with van der Waals surface area (Å²) in [4.78, 5) is -0.0687. The van der Waals surface area contributed by atoms with Crippen LogP contribution in [0.25, 0.3) is 0 Å². The molecule has 0 unspecified atom stereocenters. The molecule has 0 aliphatic carbocycles. The molecule has 0 bridgehead atoms. The second-order valence-electron chi connectivity index (χ2n) is 3.98. The lowest BCUT2D eigenvalue weighted by Gasteiger charge is -2.10. The zero-order valence-electron chi connectivity index (χ0n) is 10.3. The van der Waals surface area contributed by atoms with Gasteiger partial charge in [-0.3, -0.25) is 4.72 Å². The van der Waals surface area contributed by atoms with Crippen molar-refractivity contribution < 1.29 is 8.42 Å². The highest BCUT2D eigenvalue weighted by Gasteiger charge is 2.17. The number of nitriles is 1. The van der Waals surface area contributed by atoms with Gasteiger partial charge in [0.15, 0.2) is 0 Å². The minimum atomic E-state index is -3.90. The Bertz CT molecular complexity index is 845. The molecule has 21 heavy (non-hydrogen) atoms. The number of hydrogen-bond donors (Lipinski definition) is 1. The molecule has 0 saturated carbocycles. The van der Waals surface area contributed by atoms with E-state index in [2.05, 4.69) is 4.72 Å². The number of anilines is 1. The topological polar surface area (TPSA) is 70.0 Å². The lowest BCUT2D eigenvalue weighted by molar-refractivity contribution is 0.601. The van der Waals surface area contributed by atoms with E-state index in [4.69, 9.17) is 40.1 Å². The summed E-state index contributed by atoms with van der Waals surface area (Å²) >= 11 is 17.4. The Morgan fingerprint density at radius 3 is 2.33 bits per heavy atom. The van der Waals surface area contributed by atoms with Crippen LogP contribution in [0.4, 0.5) is 5.69 Å². The maximum atomic E-state index is 12.3. The zero-order chi connectivity index (χ0) is 15.6. The Morgan fingerprint density at radius 2 is 1.71 bits per heavy atom. The SMILES string of the molecule is N#Cc1ccc(Cl)cc1NS(=O)(=O)c1ccc(Cl)c(Cl)c1. The summed E-state index contributed by atoms with van der Waals surface area (Å²) in [5.41, 5.74) is 0.249. The molecule has 0 fully saturated rings. The van der Waals surface area contributed by atoms with Gasteiger partial charge in [-0.25, -0.2) is 8.42 Å². The Hall–Kier alpha value is -1.45. The summed E-state index contributed by atoms with van der Waals surface area (Å²) < 4.78 is 26.9. The first-order valence-corrected chi connectivity index (χ1v) is 8.13. The fourth-order valence-electron chi connectivity index (χ4n) is 1.55. The smallest absolute Gasteiger partial charge is 0.261 e. The van der Waals surface area contributed by atoms with Gasteiger partial charge in [0.05, 0.1) is 26.2 Å². The van der Waals surface area contributed by atoms with Crippen molar-refractivity contribution in [2.45, 2.75) is 4.90 Å². The van der Waals surface area contributed by atoms with Crippen LogP contribution in [-0.4, -0.2) is 8.42 Å². The average Bonchev–Trinajstić information content (AvgIpc) is 2.41. The predicted molar refractivity (Wildman–Crippen MR) is 83.4 cm³/mol. The van der Waals surface area contributed by atoms with Gasteiger partial charge >= 0.3 is 0 Å². The molecule has 0 heterocycles. The monoisotopic (exact) mass is 360 g/mol. The lowest BCUT2D eigenvalue weighted by atomic mass is 10.2. The van der Waals surface area contributed by atoms with Gasteiger partial charge in [-0.1, -0.05) is 34.8 Å². The molecule has 2 aromatic carbocycles. The van der Waals surface area contributed by atoms with Crippen LogP contribution in [0, 0.1) is 11.3 Å². The number of rotatable bonds is 3. The Labute approximate surface area is 136 Å². The largest absolute Gasteiger partial charge is 0.278 e. The van der Waals surface area contributed by atoms with E-state index in [0.29, 0.717) is 5.02 Å². The second kappa shape index (κ2) is 6.12. The molecule has 0 spiro atoms. The third-order valence-corrected chi connectivity index (χ3v) is 4.89. The third kappa shape index (κ3) is 3.60. The van der Waals surface area contributed by atoms with Crippen molar-refractivity contribution in [1.29, 1.82) is 5.26 Å². The van der Waals surface area contributed by atoms with E-state index < -0.39 is 10.0 Å². The maximum absolute atomic E-state index is 12.3. The third-order valence-electron chi connectivity index (χ3n) is 2.55. The van der Waals surface area contributed by atoms with E-state index in [1.807, 2.05) is 6.07 Å². The number of hydrogen-bond acceptors (Lipinski definition) is 3. The number of nitrogens with zero attached hydrogens (tertiary/aromatic N) is 1. The van der Waals surface area contributed by atoms with Crippen molar-refractivity contribution >= 4 is 50.5 Å². The first kappa shape index (κ1) is 15.9. The quantitative estimate of drug-likeness (QED) is 0.885. The normalized spacial score (nSPS) is 11.0. The molecule has 8 heteroatoms. The van der Waals surface area contributed by atoms with Crippen LogP contribution >= 0.6 is 34.8 Å². The zero-order valence-corrected chi connectivity index (χ0v) is 13.4. The Kier molecular flexibility index (Phi) is 4.64. The van der Waals surface area contributed by atoms with E-state index in [1.54, 1.807) is 0 Å². The highest BCUT2D eigenvalue weighted by molar-refractivity contribution is 7.92. The highest BCUT2D eigenvalue weighted by atomic mass is 35.5. The summed E-state index contributed by atoms with van der Waals surface area (Å²) in [7, 11) is -3.90. The molecule has 0 saturated heterocycles. The molecule has 108 valence electrons. The minimum Gasteiger partial charge on any atom is -0.278 e. The standard InChI is InChI=1S/C13H7Cl3N2O2S/c14-9-2-1-8(7-17)13(5-9)18-21(19,20)10-3-4-11(15)12(16)6-10/h1-6,18H. The maximum Gasteiger partial charge on any atom is 0.261 e. The van der Waals surface area contributed by atoms with Gasteiger partial charge in [0.1, 0.15) is 6.07 Å². The molecule has 0 aliphatic heterocycles. The first-order chi connectivity index (χ1) is 9.83. The van der Waals surface area contributed by atoms with Crippen molar-refractivity contribution in [2.75, 3.05) is 4.72 Å². The number of halogens is 3. The van der Waals surface area contributed by atoms with E-state index in [-0.39, 0.29) is 26.2 Å². The van der Waals surface area contributed by atoms with Crippen LogP contribution in [0.5, 0.6) is 0 Å². The van der Waals surface area contributed by atoms with Crippen LogP contribution in [0.2, 0.25) is 15.1 Å². The van der Waals surface area contributed by atoms with Crippen LogP contribution in [0.1, 0.15) is 5.56 Å². The van der Waals surface area contributed by atoms with Crippen molar-refractivity contribution in [3.8, 4) is 6.07 Å². The summed E-state index contributed by atoms with van der Waals surface area (Å²) in [6.45, 7) is 0. The fraction of sp³-hybridized carbons (Fsp3) is 0. The van der Waals surface area contributed by atoms with Gasteiger partial charge in [-0.05, 0) is 36.4 Å².